The van der Waals surface area contributed by atoms with Crippen LogP contribution in [0.5, 0.6) is 0 Å². The smallest absolute Gasteiger partial charge is 0.319 e. The molecular formula is C22H17ClN4O3S. The van der Waals surface area contributed by atoms with E-state index in [1.54, 1.807) is 11.4 Å². The van der Waals surface area contributed by atoms with Gasteiger partial charge in [0.15, 0.2) is 5.13 Å². The second-order valence-electron chi connectivity index (χ2n) is 7.45. The van der Waals surface area contributed by atoms with Gasteiger partial charge in [-0.25, -0.2) is 9.78 Å². The van der Waals surface area contributed by atoms with Crippen LogP contribution < -0.4 is 10.6 Å². The quantitative estimate of drug-likeness (QED) is 0.589. The summed E-state index contributed by atoms with van der Waals surface area (Å²) in [6, 6.07) is 14.3. The lowest BCUT2D eigenvalue weighted by molar-refractivity contribution is -0.134. The largest absolute Gasteiger partial charge is 0.325 e. The van der Waals surface area contributed by atoms with E-state index < -0.39 is 23.4 Å². The van der Waals surface area contributed by atoms with Gasteiger partial charge < -0.3 is 10.6 Å². The number of carbonyl (C=O) groups is 3. The van der Waals surface area contributed by atoms with Gasteiger partial charge in [0, 0.05) is 16.0 Å². The number of rotatable bonds is 4. The van der Waals surface area contributed by atoms with Crippen LogP contribution >= 0.6 is 22.9 Å². The van der Waals surface area contributed by atoms with Gasteiger partial charge in [0.1, 0.15) is 12.1 Å². The molecule has 2 aliphatic rings. The Morgan fingerprint density at radius 3 is 2.81 bits per heavy atom. The molecule has 2 aromatic carbocycles. The lowest BCUT2D eigenvalue weighted by Crippen LogP contribution is -2.42. The van der Waals surface area contributed by atoms with E-state index in [0.717, 1.165) is 21.6 Å². The van der Waals surface area contributed by atoms with Crippen molar-refractivity contribution in [1.29, 1.82) is 0 Å². The number of hydrogen-bond donors (Lipinski definition) is 2. The highest BCUT2D eigenvalue weighted by molar-refractivity contribution is 7.14. The molecule has 3 aromatic rings. The van der Waals surface area contributed by atoms with E-state index in [1.807, 2.05) is 42.5 Å². The Bertz CT molecular complexity index is 1230. The van der Waals surface area contributed by atoms with Crippen molar-refractivity contribution >= 4 is 45.9 Å². The van der Waals surface area contributed by atoms with Crippen LogP contribution in [0.25, 0.3) is 11.3 Å². The molecule has 1 saturated heterocycles. The van der Waals surface area contributed by atoms with Gasteiger partial charge in [-0.15, -0.1) is 11.3 Å². The lowest BCUT2D eigenvalue weighted by Gasteiger charge is -2.22. The number of aryl methyl sites for hydroxylation is 1. The van der Waals surface area contributed by atoms with Crippen molar-refractivity contribution in [3.8, 4) is 11.3 Å². The standard InChI is InChI=1S/C22H17ClN4O3S/c23-16-8-4-2-6-14(16)17-12-31-20(24-17)25-18(28)11-27-19(29)22(26-21(27)30)10-9-13-5-1-3-7-15(13)22/h1-8,12H,9-11H2,(H,26,30)(H,24,25,28). The van der Waals surface area contributed by atoms with E-state index in [2.05, 4.69) is 15.6 Å². The number of urea groups is 1. The van der Waals surface area contributed by atoms with Gasteiger partial charge >= 0.3 is 6.03 Å². The summed E-state index contributed by atoms with van der Waals surface area (Å²) in [5, 5.41) is 8.20. The SMILES string of the molecule is O=C(CN1C(=O)NC2(CCc3ccccc32)C1=O)Nc1nc(-c2ccccc2Cl)cs1. The summed E-state index contributed by atoms with van der Waals surface area (Å²) in [5.74, 6) is -0.889. The van der Waals surface area contributed by atoms with Crippen LogP contribution in [0, 0.1) is 0 Å². The number of carbonyl (C=O) groups excluding carboxylic acids is 3. The van der Waals surface area contributed by atoms with Crippen LogP contribution in [-0.4, -0.2) is 34.3 Å². The third kappa shape index (κ3) is 3.28. The fraction of sp³-hybridized carbons (Fsp3) is 0.182. The fourth-order valence-electron chi connectivity index (χ4n) is 4.16. The number of anilines is 1. The molecule has 2 heterocycles. The molecule has 1 aromatic heterocycles. The van der Waals surface area contributed by atoms with Gasteiger partial charge in [-0.2, -0.15) is 0 Å². The van der Waals surface area contributed by atoms with E-state index in [1.165, 1.54) is 11.3 Å². The van der Waals surface area contributed by atoms with Crippen LogP contribution in [0.2, 0.25) is 5.02 Å². The monoisotopic (exact) mass is 452 g/mol. The second kappa shape index (κ2) is 7.47. The minimum absolute atomic E-state index is 0.368. The van der Waals surface area contributed by atoms with E-state index in [4.69, 9.17) is 11.6 Å². The van der Waals surface area contributed by atoms with Crippen molar-refractivity contribution in [1.82, 2.24) is 15.2 Å². The topological polar surface area (TPSA) is 91.4 Å². The second-order valence-corrected chi connectivity index (χ2v) is 8.72. The fourth-order valence-corrected chi connectivity index (χ4v) is 5.12. The van der Waals surface area contributed by atoms with Gasteiger partial charge in [-0.05, 0) is 30.0 Å². The average molecular weight is 453 g/mol. The maximum Gasteiger partial charge on any atom is 0.325 e. The van der Waals surface area contributed by atoms with Crippen LogP contribution in [0.1, 0.15) is 17.5 Å². The summed E-state index contributed by atoms with van der Waals surface area (Å²) in [6.07, 6.45) is 1.19. The molecule has 1 spiro atoms. The summed E-state index contributed by atoms with van der Waals surface area (Å²) in [5.41, 5.74) is 2.17. The molecule has 0 bridgehead atoms. The summed E-state index contributed by atoms with van der Waals surface area (Å²) in [6.45, 7) is -0.379. The number of imide groups is 1. The Labute approximate surface area is 187 Å². The highest BCUT2D eigenvalue weighted by Gasteiger charge is 2.55. The van der Waals surface area contributed by atoms with Crippen molar-refractivity contribution in [3.63, 3.8) is 0 Å². The molecule has 7 nitrogen and oxygen atoms in total. The van der Waals surface area contributed by atoms with Crippen molar-refractivity contribution in [2.75, 3.05) is 11.9 Å². The molecule has 0 radical (unpaired) electrons. The third-order valence-corrected chi connectivity index (χ3v) is 6.71. The first-order valence-electron chi connectivity index (χ1n) is 9.71. The predicted molar refractivity (Wildman–Crippen MR) is 118 cm³/mol. The molecule has 5 rings (SSSR count). The maximum absolute atomic E-state index is 13.2. The van der Waals surface area contributed by atoms with Gasteiger partial charge in [-0.3, -0.25) is 14.5 Å². The normalized spacial score (nSPS) is 19.6. The number of nitrogens with one attached hydrogen (secondary N) is 2. The van der Waals surface area contributed by atoms with Crippen molar-refractivity contribution in [2.24, 2.45) is 0 Å². The first kappa shape index (κ1) is 19.7. The molecule has 1 fully saturated rings. The number of benzene rings is 2. The highest BCUT2D eigenvalue weighted by Crippen LogP contribution is 2.41. The number of amides is 4. The summed E-state index contributed by atoms with van der Waals surface area (Å²) in [7, 11) is 0. The van der Waals surface area contributed by atoms with Gasteiger partial charge in [0.2, 0.25) is 5.91 Å². The van der Waals surface area contributed by atoms with Crippen LogP contribution in [0.4, 0.5) is 9.93 Å². The van der Waals surface area contributed by atoms with Gasteiger partial charge in [0.25, 0.3) is 5.91 Å². The Balaban J connectivity index is 1.30. The predicted octanol–water partition coefficient (Wildman–Crippen LogP) is 3.80. The summed E-state index contributed by atoms with van der Waals surface area (Å²) < 4.78 is 0. The zero-order valence-corrected chi connectivity index (χ0v) is 17.8. The Morgan fingerprint density at radius 1 is 1.19 bits per heavy atom. The number of thiazole rings is 1. The van der Waals surface area contributed by atoms with E-state index in [0.29, 0.717) is 28.7 Å². The van der Waals surface area contributed by atoms with Crippen molar-refractivity contribution in [3.05, 3.63) is 70.1 Å². The first-order valence-corrected chi connectivity index (χ1v) is 11.0. The third-order valence-electron chi connectivity index (χ3n) is 5.62. The summed E-state index contributed by atoms with van der Waals surface area (Å²) >= 11 is 7.45. The molecule has 4 amide bonds. The van der Waals surface area contributed by atoms with Crippen molar-refractivity contribution < 1.29 is 14.4 Å². The van der Waals surface area contributed by atoms with Crippen molar-refractivity contribution in [2.45, 2.75) is 18.4 Å². The Kier molecular flexibility index (Phi) is 4.75. The molecule has 9 heteroatoms. The minimum atomic E-state index is -1.08. The molecule has 156 valence electrons. The average Bonchev–Trinajstić information content (AvgIpc) is 3.43. The molecule has 1 unspecified atom stereocenters. The zero-order chi connectivity index (χ0) is 21.6. The Morgan fingerprint density at radius 2 is 1.97 bits per heavy atom. The van der Waals surface area contributed by atoms with E-state index >= 15 is 0 Å². The number of halogens is 1. The Hall–Kier alpha value is -3.23. The number of fused-ring (bicyclic) bond motifs is 2. The summed E-state index contributed by atoms with van der Waals surface area (Å²) in [4.78, 5) is 43.7. The lowest BCUT2D eigenvalue weighted by atomic mass is 9.92. The molecular weight excluding hydrogens is 436 g/mol. The molecule has 0 saturated carbocycles. The van der Waals surface area contributed by atoms with Crippen LogP contribution in [0.15, 0.2) is 53.9 Å². The van der Waals surface area contributed by atoms with E-state index in [9.17, 15) is 14.4 Å². The first-order chi connectivity index (χ1) is 15.0. The van der Waals surface area contributed by atoms with Crippen LogP contribution in [-0.2, 0) is 21.5 Å². The molecule has 1 aliphatic heterocycles. The molecule has 31 heavy (non-hydrogen) atoms. The minimum Gasteiger partial charge on any atom is -0.319 e. The zero-order valence-electron chi connectivity index (χ0n) is 16.2. The molecule has 1 atom stereocenters. The van der Waals surface area contributed by atoms with Crippen LogP contribution in [0.3, 0.4) is 0 Å². The number of aromatic nitrogens is 1. The maximum atomic E-state index is 13.2. The molecule has 1 aliphatic carbocycles. The molecule has 2 N–H and O–H groups in total. The van der Waals surface area contributed by atoms with E-state index in [-0.39, 0.29) is 6.54 Å². The van der Waals surface area contributed by atoms with Gasteiger partial charge in [-0.1, -0.05) is 54.1 Å². The van der Waals surface area contributed by atoms with Gasteiger partial charge in [0.05, 0.1) is 5.69 Å². The number of nitrogens with zero attached hydrogens (tertiary/aromatic N) is 2. The number of hydrogen-bond acceptors (Lipinski definition) is 5. The highest BCUT2D eigenvalue weighted by atomic mass is 35.5.